The quantitative estimate of drug-likeness (QED) is 0.838. The van der Waals surface area contributed by atoms with Crippen LogP contribution in [0, 0.1) is 50.2 Å². The normalized spacial score (nSPS) is 31.0. The Hall–Kier alpha value is -3.86. The summed E-state index contributed by atoms with van der Waals surface area (Å²) in [7, 11) is 1.49. The smallest absolute Gasteiger partial charge is 0.219 e. The van der Waals surface area contributed by atoms with Crippen molar-refractivity contribution in [2.75, 3.05) is 7.11 Å². The van der Waals surface area contributed by atoms with Gasteiger partial charge >= 0.3 is 0 Å². The molecule has 4 rings (SSSR count). The highest BCUT2D eigenvalue weighted by molar-refractivity contribution is 5.90. The Morgan fingerprint density at radius 1 is 0.967 bits per heavy atom. The number of rotatable bonds is 3. The first kappa shape index (κ1) is 19.5. The van der Waals surface area contributed by atoms with E-state index in [4.69, 9.17) is 19.6 Å². The van der Waals surface area contributed by atoms with E-state index in [1.165, 1.54) is 7.11 Å². The van der Waals surface area contributed by atoms with E-state index in [2.05, 4.69) is 6.07 Å². The molecule has 0 saturated carbocycles. The molecule has 2 saturated heterocycles. The lowest BCUT2D eigenvalue weighted by molar-refractivity contribution is -0.253. The molecule has 4 atom stereocenters. The molecule has 2 fully saturated rings. The molecule has 1 N–H and O–H groups in total. The number of fused-ring (bicyclic) bond motifs is 2. The third kappa shape index (κ3) is 2.17. The third-order valence-electron chi connectivity index (χ3n) is 6.07. The topological polar surface area (TPSA) is 123 Å². The number of hydrogen-bond acceptors (Lipinski definition) is 7. The van der Waals surface area contributed by atoms with E-state index >= 15 is 0 Å². The first-order valence-corrected chi connectivity index (χ1v) is 9.31. The van der Waals surface area contributed by atoms with Crippen LogP contribution in [-0.2, 0) is 9.47 Å². The molecule has 2 bridgehead atoms. The summed E-state index contributed by atoms with van der Waals surface area (Å²) in [6, 6.07) is 22.0. The summed E-state index contributed by atoms with van der Waals surface area (Å²) in [5.74, 6) is -2.39. The summed E-state index contributed by atoms with van der Waals surface area (Å²) in [5.41, 5.74) is -2.84. The second-order valence-electron chi connectivity index (χ2n) is 7.48. The maximum Gasteiger partial charge on any atom is 0.219 e. The summed E-state index contributed by atoms with van der Waals surface area (Å²) >= 11 is 0. The molecule has 2 aromatic carbocycles. The SMILES string of the molecule is COc1ccccc1C1C2(C)OC(=N)C1(C#N)C(C#N)(C#N)C(c1ccccc1)O2. The summed E-state index contributed by atoms with van der Waals surface area (Å²) in [6.07, 6.45) is -1.09. The Bertz CT molecular complexity index is 1130. The van der Waals surface area contributed by atoms with E-state index in [1.807, 2.05) is 12.1 Å². The van der Waals surface area contributed by atoms with Gasteiger partial charge in [0.15, 0.2) is 5.41 Å². The molecular weight excluding hydrogens is 380 g/mol. The maximum atomic E-state index is 10.4. The summed E-state index contributed by atoms with van der Waals surface area (Å²) in [5, 5.41) is 39.6. The van der Waals surface area contributed by atoms with Crippen molar-refractivity contribution in [2.24, 2.45) is 10.8 Å². The fourth-order valence-corrected chi connectivity index (χ4v) is 4.78. The Balaban J connectivity index is 2.07. The molecule has 2 aliphatic rings. The molecular formula is C23H18N4O3. The second kappa shape index (κ2) is 6.59. The predicted octanol–water partition coefficient (Wildman–Crippen LogP) is 3.82. The van der Waals surface area contributed by atoms with Crippen LogP contribution in [0.15, 0.2) is 54.6 Å². The molecule has 0 spiro atoms. The van der Waals surface area contributed by atoms with Crippen LogP contribution in [0.5, 0.6) is 5.75 Å². The van der Waals surface area contributed by atoms with E-state index in [9.17, 15) is 15.8 Å². The lowest BCUT2D eigenvalue weighted by atomic mass is 9.52. The average molecular weight is 398 g/mol. The highest BCUT2D eigenvalue weighted by Crippen LogP contribution is 2.70. The molecule has 2 heterocycles. The van der Waals surface area contributed by atoms with Crippen molar-refractivity contribution >= 4 is 5.90 Å². The van der Waals surface area contributed by atoms with E-state index in [1.54, 1.807) is 61.5 Å². The summed E-state index contributed by atoms with van der Waals surface area (Å²) in [6.45, 7) is 1.63. The zero-order valence-electron chi connectivity index (χ0n) is 16.4. The monoisotopic (exact) mass is 398 g/mol. The minimum Gasteiger partial charge on any atom is -0.496 e. The van der Waals surface area contributed by atoms with Crippen molar-refractivity contribution in [1.29, 1.82) is 21.2 Å². The number of methoxy groups -OCH3 is 1. The number of ether oxygens (including phenoxy) is 3. The van der Waals surface area contributed by atoms with Crippen molar-refractivity contribution in [2.45, 2.75) is 24.7 Å². The van der Waals surface area contributed by atoms with E-state index < -0.39 is 34.5 Å². The van der Waals surface area contributed by atoms with Gasteiger partial charge in [-0.25, -0.2) is 0 Å². The number of hydrogen-bond donors (Lipinski definition) is 1. The molecule has 7 nitrogen and oxygen atoms in total. The number of benzene rings is 2. The average Bonchev–Trinajstić information content (AvgIpc) is 2.96. The molecule has 2 aromatic rings. The molecule has 4 unspecified atom stereocenters. The standard InChI is InChI=1S/C23H18N4O3/c1-21-18(16-10-6-7-11-17(16)28-2)23(14-26,20(27)30-21)22(12-24,13-25)19(29-21)15-8-4-3-5-9-15/h3-11,18-19,27H,1-2H3. The van der Waals surface area contributed by atoms with Crippen LogP contribution in [-0.4, -0.2) is 18.8 Å². The van der Waals surface area contributed by atoms with Crippen molar-refractivity contribution in [1.82, 2.24) is 0 Å². The molecule has 0 amide bonds. The Labute approximate surface area is 174 Å². The van der Waals surface area contributed by atoms with E-state index in [0.717, 1.165) is 0 Å². The largest absolute Gasteiger partial charge is 0.496 e. The van der Waals surface area contributed by atoms with Gasteiger partial charge in [0, 0.05) is 12.5 Å². The van der Waals surface area contributed by atoms with Crippen LogP contribution in [0.3, 0.4) is 0 Å². The second-order valence-corrected chi connectivity index (χ2v) is 7.48. The summed E-state index contributed by atoms with van der Waals surface area (Å²) < 4.78 is 17.6. The van der Waals surface area contributed by atoms with Gasteiger partial charge in [0.25, 0.3) is 0 Å². The van der Waals surface area contributed by atoms with Crippen LogP contribution in [0.2, 0.25) is 0 Å². The van der Waals surface area contributed by atoms with Gasteiger partial charge in [-0.2, -0.15) is 15.8 Å². The Kier molecular flexibility index (Phi) is 4.28. The van der Waals surface area contributed by atoms with Crippen LogP contribution in [0.1, 0.15) is 30.1 Å². The van der Waals surface area contributed by atoms with Crippen molar-refractivity contribution in [3.05, 3.63) is 65.7 Å². The van der Waals surface area contributed by atoms with Gasteiger partial charge in [0.05, 0.1) is 31.2 Å². The zero-order valence-corrected chi connectivity index (χ0v) is 16.4. The molecule has 7 heteroatoms. The van der Waals surface area contributed by atoms with Crippen molar-refractivity contribution in [3.8, 4) is 24.0 Å². The van der Waals surface area contributed by atoms with Gasteiger partial charge < -0.3 is 14.2 Å². The highest BCUT2D eigenvalue weighted by Gasteiger charge is 2.80. The number of nitrogens with one attached hydrogen (secondary N) is 1. The maximum absolute atomic E-state index is 10.4. The Morgan fingerprint density at radius 2 is 1.60 bits per heavy atom. The van der Waals surface area contributed by atoms with Crippen molar-refractivity contribution < 1.29 is 14.2 Å². The molecule has 2 aliphatic heterocycles. The zero-order chi connectivity index (χ0) is 21.6. The molecule has 30 heavy (non-hydrogen) atoms. The lowest BCUT2D eigenvalue weighted by Crippen LogP contribution is -2.57. The third-order valence-corrected chi connectivity index (χ3v) is 6.07. The van der Waals surface area contributed by atoms with E-state index in [-0.39, 0.29) is 0 Å². The summed E-state index contributed by atoms with van der Waals surface area (Å²) in [4.78, 5) is 0. The fourth-order valence-electron chi connectivity index (χ4n) is 4.78. The number of nitriles is 3. The van der Waals surface area contributed by atoms with Crippen LogP contribution >= 0.6 is 0 Å². The van der Waals surface area contributed by atoms with Crippen molar-refractivity contribution in [3.63, 3.8) is 0 Å². The predicted molar refractivity (Wildman–Crippen MR) is 105 cm³/mol. The van der Waals surface area contributed by atoms with Crippen LogP contribution in [0.25, 0.3) is 0 Å². The van der Waals surface area contributed by atoms with Crippen LogP contribution < -0.4 is 4.74 Å². The molecule has 0 radical (unpaired) electrons. The fraction of sp³-hybridized carbons (Fsp3) is 0.304. The van der Waals surface area contributed by atoms with Gasteiger partial charge in [-0.1, -0.05) is 48.5 Å². The minimum atomic E-state index is -2.03. The first-order valence-electron chi connectivity index (χ1n) is 9.31. The first-order chi connectivity index (χ1) is 14.4. The van der Waals surface area contributed by atoms with Gasteiger partial charge in [0.2, 0.25) is 17.1 Å². The number of para-hydroxylation sites is 1. The minimum absolute atomic E-state index is 0.454. The molecule has 0 aliphatic carbocycles. The number of nitrogens with zero attached hydrogens (tertiary/aromatic N) is 3. The molecule has 148 valence electrons. The highest BCUT2D eigenvalue weighted by atomic mass is 16.7. The van der Waals surface area contributed by atoms with Gasteiger partial charge in [-0.05, 0) is 11.6 Å². The Morgan fingerprint density at radius 3 is 2.20 bits per heavy atom. The van der Waals surface area contributed by atoms with Gasteiger partial charge in [-0.3, -0.25) is 5.41 Å². The van der Waals surface area contributed by atoms with E-state index in [0.29, 0.717) is 16.9 Å². The lowest BCUT2D eigenvalue weighted by Gasteiger charge is -2.49. The van der Waals surface area contributed by atoms with Gasteiger partial charge in [0.1, 0.15) is 11.9 Å². The molecule has 0 aromatic heterocycles. The van der Waals surface area contributed by atoms with Gasteiger partial charge in [-0.15, -0.1) is 0 Å². The van der Waals surface area contributed by atoms with Crippen LogP contribution in [0.4, 0.5) is 0 Å².